The van der Waals surface area contributed by atoms with E-state index in [0.29, 0.717) is 18.4 Å². The lowest BCUT2D eigenvalue weighted by Crippen LogP contribution is -2.24. The number of aromatic nitrogens is 1. The van der Waals surface area contributed by atoms with Gasteiger partial charge in [-0.15, -0.1) is 0 Å². The number of benzene rings is 1. The molecule has 4 rings (SSSR count). The van der Waals surface area contributed by atoms with Crippen LogP contribution in [-0.4, -0.2) is 22.8 Å². The number of fused-ring (bicyclic) bond motifs is 1. The minimum absolute atomic E-state index is 0.0177. The first kappa shape index (κ1) is 15.1. The van der Waals surface area contributed by atoms with Crippen molar-refractivity contribution >= 4 is 16.9 Å². The molecular formula is C17H17FN2O4. The zero-order chi connectivity index (χ0) is 17.2. The molecule has 0 unspecified atom stereocenters. The summed E-state index contributed by atoms with van der Waals surface area (Å²) in [5.41, 5.74) is 5.05. The van der Waals surface area contributed by atoms with Gasteiger partial charge in [-0.2, -0.15) is 0 Å². The predicted octanol–water partition coefficient (Wildman–Crippen LogP) is 2.13. The van der Waals surface area contributed by atoms with Gasteiger partial charge in [-0.25, -0.2) is 9.18 Å². The molecule has 0 spiro atoms. The van der Waals surface area contributed by atoms with E-state index >= 15 is 0 Å². The third kappa shape index (κ3) is 2.04. The Bertz CT molecular complexity index is 942. The smallest absolute Gasteiger partial charge is 0.341 e. The third-order valence-electron chi connectivity index (χ3n) is 4.88. The number of carbonyl (C=O) groups is 1. The standard InChI is InChI=1S/C17H17FN2O4/c1-24-15-12(17(19)4-5-17)11(18)6-9-13(15)20(8-2-3-8)7-10(14(9)21)16(22)23/h6-8H,2-5,19H2,1H3,(H,22,23). The number of hydrogen-bond acceptors (Lipinski definition) is 4. The molecule has 1 aromatic heterocycles. The van der Waals surface area contributed by atoms with Crippen molar-refractivity contribution in [2.45, 2.75) is 37.3 Å². The first-order chi connectivity index (χ1) is 11.4. The van der Waals surface area contributed by atoms with Crippen molar-refractivity contribution in [2.75, 3.05) is 7.11 Å². The highest BCUT2D eigenvalue weighted by Gasteiger charge is 2.45. The Balaban J connectivity index is 2.16. The van der Waals surface area contributed by atoms with Crippen molar-refractivity contribution < 1.29 is 19.0 Å². The molecule has 0 radical (unpaired) electrons. The molecule has 2 saturated carbocycles. The average Bonchev–Trinajstić information content (AvgIpc) is 3.43. The van der Waals surface area contributed by atoms with Crippen LogP contribution in [0.25, 0.3) is 10.9 Å². The van der Waals surface area contributed by atoms with E-state index in [2.05, 4.69) is 0 Å². The highest BCUT2D eigenvalue weighted by Crippen LogP contribution is 2.50. The summed E-state index contributed by atoms with van der Waals surface area (Å²) in [5.74, 6) is -1.70. The third-order valence-corrected chi connectivity index (χ3v) is 4.88. The first-order valence-corrected chi connectivity index (χ1v) is 7.85. The summed E-state index contributed by atoms with van der Waals surface area (Å²) >= 11 is 0. The summed E-state index contributed by atoms with van der Waals surface area (Å²) in [5, 5.41) is 9.30. The summed E-state index contributed by atoms with van der Waals surface area (Å²) in [6.07, 6.45) is 4.38. The molecule has 2 fully saturated rings. The van der Waals surface area contributed by atoms with Crippen LogP contribution in [0.2, 0.25) is 0 Å². The molecule has 24 heavy (non-hydrogen) atoms. The second-order valence-corrected chi connectivity index (χ2v) is 6.63. The number of carboxylic acid groups (broad SMARTS) is 1. The van der Waals surface area contributed by atoms with Crippen molar-refractivity contribution in [1.29, 1.82) is 0 Å². The highest BCUT2D eigenvalue weighted by molar-refractivity contribution is 5.95. The molecular weight excluding hydrogens is 315 g/mol. The Morgan fingerprint density at radius 3 is 2.62 bits per heavy atom. The summed E-state index contributed by atoms with van der Waals surface area (Å²) < 4.78 is 21.9. The fourth-order valence-electron chi connectivity index (χ4n) is 3.29. The van der Waals surface area contributed by atoms with E-state index < -0.39 is 22.8 Å². The second-order valence-electron chi connectivity index (χ2n) is 6.63. The summed E-state index contributed by atoms with van der Waals surface area (Å²) in [4.78, 5) is 23.9. The molecule has 7 heteroatoms. The Labute approximate surface area is 136 Å². The summed E-state index contributed by atoms with van der Waals surface area (Å²) in [6.45, 7) is 0. The number of nitrogens with two attached hydrogens (primary N) is 1. The molecule has 6 nitrogen and oxygen atoms in total. The van der Waals surface area contributed by atoms with E-state index in [1.807, 2.05) is 0 Å². The van der Waals surface area contributed by atoms with Crippen molar-refractivity contribution in [3.05, 3.63) is 39.4 Å². The lowest BCUT2D eigenvalue weighted by molar-refractivity contribution is 0.0695. The SMILES string of the molecule is COc1c(C2(N)CC2)c(F)cc2c(=O)c(C(=O)O)cn(C3CC3)c12. The molecule has 126 valence electrons. The number of ether oxygens (including phenoxy) is 1. The van der Waals surface area contributed by atoms with Crippen LogP contribution >= 0.6 is 0 Å². The van der Waals surface area contributed by atoms with Gasteiger partial charge in [0.1, 0.15) is 11.4 Å². The van der Waals surface area contributed by atoms with Gasteiger partial charge in [0, 0.05) is 17.8 Å². The van der Waals surface area contributed by atoms with Crippen LogP contribution < -0.4 is 15.9 Å². The van der Waals surface area contributed by atoms with E-state index in [0.717, 1.165) is 18.9 Å². The fourth-order valence-corrected chi connectivity index (χ4v) is 3.29. The molecule has 2 aromatic rings. The molecule has 1 heterocycles. The van der Waals surface area contributed by atoms with Crippen molar-refractivity contribution in [3.63, 3.8) is 0 Å². The van der Waals surface area contributed by atoms with Gasteiger partial charge in [0.05, 0.1) is 23.6 Å². The van der Waals surface area contributed by atoms with Gasteiger partial charge in [-0.1, -0.05) is 0 Å². The Kier molecular flexibility index (Phi) is 3.02. The van der Waals surface area contributed by atoms with E-state index in [4.69, 9.17) is 10.5 Å². The molecule has 1 aromatic carbocycles. The number of methoxy groups -OCH3 is 1. The molecule has 0 bridgehead atoms. The Hall–Kier alpha value is -2.41. The van der Waals surface area contributed by atoms with E-state index in [1.54, 1.807) is 4.57 Å². The zero-order valence-electron chi connectivity index (χ0n) is 13.1. The van der Waals surface area contributed by atoms with E-state index in [-0.39, 0.29) is 28.3 Å². The quantitative estimate of drug-likeness (QED) is 0.894. The van der Waals surface area contributed by atoms with Crippen LogP contribution in [0.5, 0.6) is 5.75 Å². The number of carboxylic acids is 1. The van der Waals surface area contributed by atoms with Gasteiger partial charge in [-0.05, 0) is 31.7 Å². The monoisotopic (exact) mass is 332 g/mol. The number of nitrogens with zero attached hydrogens (tertiary/aromatic N) is 1. The number of rotatable bonds is 4. The molecule has 0 saturated heterocycles. The second kappa shape index (κ2) is 4.80. The first-order valence-electron chi connectivity index (χ1n) is 7.85. The topological polar surface area (TPSA) is 94.6 Å². The van der Waals surface area contributed by atoms with Crippen molar-refractivity contribution in [2.24, 2.45) is 5.73 Å². The number of hydrogen-bond donors (Lipinski definition) is 2. The fraction of sp³-hybridized carbons (Fsp3) is 0.412. The summed E-state index contributed by atoms with van der Waals surface area (Å²) in [7, 11) is 1.41. The van der Waals surface area contributed by atoms with Gasteiger partial charge < -0.3 is 20.1 Å². The van der Waals surface area contributed by atoms with Crippen LogP contribution in [0, 0.1) is 5.82 Å². The van der Waals surface area contributed by atoms with Gasteiger partial charge in [-0.3, -0.25) is 4.79 Å². The maximum atomic E-state index is 14.7. The minimum atomic E-state index is -1.32. The Morgan fingerprint density at radius 1 is 1.46 bits per heavy atom. The van der Waals surface area contributed by atoms with Crippen LogP contribution in [-0.2, 0) is 5.54 Å². The van der Waals surface area contributed by atoms with Gasteiger partial charge >= 0.3 is 5.97 Å². The molecule has 2 aliphatic carbocycles. The normalized spacial score (nSPS) is 18.6. The number of pyridine rings is 1. The number of aromatic carboxylic acids is 1. The minimum Gasteiger partial charge on any atom is -0.494 e. The number of halogens is 1. The molecule has 2 aliphatic rings. The predicted molar refractivity (Wildman–Crippen MR) is 85.0 cm³/mol. The van der Waals surface area contributed by atoms with E-state index in [9.17, 15) is 19.1 Å². The van der Waals surface area contributed by atoms with Gasteiger partial charge in [0.25, 0.3) is 0 Å². The van der Waals surface area contributed by atoms with Crippen LogP contribution in [0.15, 0.2) is 17.1 Å². The van der Waals surface area contributed by atoms with Crippen LogP contribution in [0.4, 0.5) is 4.39 Å². The largest absolute Gasteiger partial charge is 0.494 e. The van der Waals surface area contributed by atoms with Crippen molar-refractivity contribution in [3.8, 4) is 5.75 Å². The van der Waals surface area contributed by atoms with Crippen LogP contribution in [0.3, 0.4) is 0 Å². The molecule has 0 aliphatic heterocycles. The van der Waals surface area contributed by atoms with Crippen molar-refractivity contribution in [1.82, 2.24) is 4.57 Å². The highest BCUT2D eigenvalue weighted by atomic mass is 19.1. The molecule has 3 N–H and O–H groups in total. The molecule has 0 atom stereocenters. The maximum Gasteiger partial charge on any atom is 0.341 e. The van der Waals surface area contributed by atoms with E-state index in [1.165, 1.54) is 13.3 Å². The van der Waals surface area contributed by atoms with Gasteiger partial charge in [0.2, 0.25) is 5.43 Å². The molecule has 0 amide bonds. The summed E-state index contributed by atoms with van der Waals surface area (Å²) in [6, 6.07) is 1.19. The van der Waals surface area contributed by atoms with Crippen LogP contribution in [0.1, 0.15) is 47.6 Å². The average molecular weight is 332 g/mol. The zero-order valence-corrected chi connectivity index (χ0v) is 13.1. The Morgan fingerprint density at radius 2 is 2.12 bits per heavy atom. The lowest BCUT2D eigenvalue weighted by atomic mass is 9.99. The lowest BCUT2D eigenvalue weighted by Gasteiger charge is -2.21. The van der Waals surface area contributed by atoms with Gasteiger partial charge in [0.15, 0.2) is 5.75 Å². The maximum absolute atomic E-state index is 14.7.